The second-order valence-corrected chi connectivity index (χ2v) is 8.85. The van der Waals surface area contributed by atoms with E-state index in [1.165, 1.54) is 38.5 Å². The zero-order valence-electron chi connectivity index (χ0n) is 14.7. The molecule has 1 unspecified atom stereocenters. The second-order valence-electron chi connectivity index (χ2n) is 7.46. The Kier molecular flexibility index (Phi) is 8.28. The van der Waals surface area contributed by atoms with E-state index in [1.807, 2.05) is 30.3 Å². The maximum absolute atomic E-state index is 6.84. The molecule has 0 radical (unpaired) electrons. The molecule has 1 aromatic carbocycles. The van der Waals surface area contributed by atoms with Crippen LogP contribution < -0.4 is 0 Å². The van der Waals surface area contributed by atoms with Gasteiger partial charge >= 0.3 is 0 Å². The lowest BCUT2D eigenvalue weighted by Crippen LogP contribution is -2.34. The zero-order chi connectivity index (χ0) is 16.6. The molecule has 1 rings (SSSR count). The molecule has 0 spiro atoms. The van der Waals surface area contributed by atoms with Gasteiger partial charge in [-0.1, -0.05) is 120 Å². The normalized spacial score (nSPS) is 14.1. The van der Waals surface area contributed by atoms with Crippen LogP contribution in [0.4, 0.5) is 0 Å². The molecule has 0 bridgehead atoms. The highest BCUT2D eigenvalue weighted by molar-refractivity contribution is 6.48. The average molecular weight is 343 g/mol. The van der Waals surface area contributed by atoms with Gasteiger partial charge in [0.05, 0.1) is 0 Å². The fourth-order valence-corrected chi connectivity index (χ4v) is 4.27. The lowest BCUT2D eigenvalue weighted by Gasteiger charge is -2.40. The van der Waals surface area contributed by atoms with Gasteiger partial charge in [-0.3, -0.25) is 0 Å². The summed E-state index contributed by atoms with van der Waals surface area (Å²) in [4.78, 5) is 0. The van der Waals surface area contributed by atoms with Crippen LogP contribution in [0, 0.1) is 11.3 Å². The third-order valence-electron chi connectivity index (χ3n) is 4.49. The molecule has 0 amide bonds. The van der Waals surface area contributed by atoms with Crippen LogP contribution in [0.15, 0.2) is 30.3 Å². The lowest BCUT2D eigenvalue weighted by molar-refractivity contribution is 0.196. The van der Waals surface area contributed by atoms with Crippen molar-refractivity contribution in [3.8, 4) is 0 Å². The topological polar surface area (TPSA) is 0 Å². The summed E-state index contributed by atoms with van der Waals surface area (Å²) in [6.07, 6.45) is 8.89. The van der Waals surface area contributed by atoms with Crippen LogP contribution in [0.2, 0.25) is 0 Å². The molecule has 0 aromatic heterocycles. The molecule has 0 nitrogen and oxygen atoms in total. The Balaban J connectivity index is 2.69. The Morgan fingerprint density at radius 1 is 0.864 bits per heavy atom. The molecule has 0 N–H and O–H groups in total. The van der Waals surface area contributed by atoms with Crippen molar-refractivity contribution in [3.63, 3.8) is 0 Å². The number of halogens is 2. The summed E-state index contributed by atoms with van der Waals surface area (Å²) in [5, 5.41) is 0. The number of alkyl halides is 2. The van der Waals surface area contributed by atoms with Gasteiger partial charge in [0.2, 0.25) is 0 Å². The van der Waals surface area contributed by atoms with E-state index in [1.54, 1.807) is 0 Å². The van der Waals surface area contributed by atoms with Gasteiger partial charge < -0.3 is 0 Å². The molecule has 1 aromatic rings. The minimum atomic E-state index is -0.817. The monoisotopic (exact) mass is 342 g/mol. The van der Waals surface area contributed by atoms with E-state index in [0.717, 1.165) is 12.0 Å². The fourth-order valence-electron chi connectivity index (χ4n) is 3.15. The molecule has 0 aliphatic carbocycles. The molecular formula is C20H32Cl2. The van der Waals surface area contributed by atoms with Crippen LogP contribution >= 0.6 is 23.2 Å². The van der Waals surface area contributed by atoms with E-state index >= 15 is 0 Å². The predicted octanol–water partition coefficient (Wildman–Crippen LogP) is 7.73. The van der Waals surface area contributed by atoms with Crippen molar-refractivity contribution in [2.24, 2.45) is 11.3 Å². The van der Waals surface area contributed by atoms with Gasteiger partial charge in [-0.2, -0.15) is 0 Å². The van der Waals surface area contributed by atoms with Crippen LogP contribution in [-0.2, 0) is 4.33 Å². The lowest BCUT2D eigenvalue weighted by atomic mass is 9.74. The quantitative estimate of drug-likeness (QED) is 0.318. The largest absolute Gasteiger partial charge is 0.146 e. The van der Waals surface area contributed by atoms with E-state index in [2.05, 4.69) is 27.7 Å². The summed E-state index contributed by atoms with van der Waals surface area (Å²) in [5.74, 6) is 0.247. The van der Waals surface area contributed by atoms with Crippen molar-refractivity contribution in [3.05, 3.63) is 35.9 Å². The third kappa shape index (κ3) is 6.13. The van der Waals surface area contributed by atoms with E-state index in [0.29, 0.717) is 0 Å². The minimum absolute atomic E-state index is 0.0861. The van der Waals surface area contributed by atoms with Crippen molar-refractivity contribution >= 4 is 23.2 Å². The van der Waals surface area contributed by atoms with E-state index in [4.69, 9.17) is 23.2 Å². The Morgan fingerprint density at radius 2 is 1.41 bits per heavy atom. The molecule has 2 heteroatoms. The van der Waals surface area contributed by atoms with Crippen LogP contribution in [0.5, 0.6) is 0 Å². The Labute approximate surface area is 147 Å². The summed E-state index contributed by atoms with van der Waals surface area (Å²) in [7, 11) is 0. The van der Waals surface area contributed by atoms with E-state index in [9.17, 15) is 0 Å². The first kappa shape index (κ1) is 19.8. The maximum atomic E-state index is 6.84. The van der Waals surface area contributed by atoms with Gasteiger partial charge in [-0.25, -0.2) is 0 Å². The molecular weight excluding hydrogens is 311 g/mol. The highest BCUT2D eigenvalue weighted by Crippen LogP contribution is 2.51. The first-order valence-corrected chi connectivity index (χ1v) is 9.49. The minimum Gasteiger partial charge on any atom is -0.0960 e. The van der Waals surface area contributed by atoms with Crippen molar-refractivity contribution < 1.29 is 0 Å². The molecule has 0 heterocycles. The van der Waals surface area contributed by atoms with Crippen molar-refractivity contribution in [2.75, 3.05) is 0 Å². The van der Waals surface area contributed by atoms with Crippen molar-refractivity contribution in [1.82, 2.24) is 0 Å². The van der Waals surface area contributed by atoms with Gasteiger partial charge in [0.25, 0.3) is 0 Å². The Morgan fingerprint density at radius 3 is 1.95 bits per heavy atom. The zero-order valence-corrected chi connectivity index (χ0v) is 16.2. The molecule has 22 heavy (non-hydrogen) atoms. The van der Waals surface area contributed by atoms with Gasteiger partial charge in [0.1, 0.15) is 4.33 Å². The van der Waals surface area contributed by atoms with Crippen LogP contribution in [-0.4, -0.2) is 0 Å². The number of hydrogen-bond acceptors (Lipinski definition) is 0. The number of hydrogen-bond donors (Lipinski definition) is 0. The average Bonchev–Trinajstić information content (AvgIpc) is 2.45. The highest BCUT2D eigenvalue weighted by atomic mass is 35.5. The summed E-state index contributed by atoms with van der Waals surface area (Å²) >= 11 is 13.7. The first-order valence-electron chi connectivity index (χ1n) is 8.73. The highest BCUT2D eigenvalue weighted by Gasteiger charge is 2.42. The smallest absolute Gasteiger partial charge is 0.0960 e. The van der Waals surface area contributed by atoms with Gasteiger partial charge in [0.15, 0.2) is 0 Å². The summed E-state index contributed by atoms with van der Waals surface area (Å²) in [6, 6.07) is 10.1. The van der Waals surface area contributed by atoms with E-state index in [-0.39, 0.29) is 11.3 Å². The molecule has 0 fully saturated rings. The van der Waals surface area contributed by atoms with Gasteiger partial charge in [-0.05, 0) is 17.4 Å². The number of unbranched alkanes of at least 4 members (excludes halogenated alkanes) is 5. The molecule has 1 atom stereocenters. The van der Waals surface area contributed by atoms with Crippen LogP contribution in [0.3, 0.4) is 0 Å². The SMILES string of the molecule is CCCCCCCCC(C(C)(C)C)C(Cl)(Cl)c1ccccc1. The summed E-state index contributed by atoms with van der Waals surface area (Å²) in [5.41, 5.74) is 1.10. The van der Waals surface area contributed by atoms with Crippen LogP contribution in [0.1, 0.15) is 78.2 Å². The second kappa shape index (κ2) is 9.18. The standard InChI is InChI=1S/C20H32Cl2/c1-5-6-7-8-9-13-16-18(19(2,3)4)20(21,22)17-14-11-10-12-15-17/h10-12,14-15,18H,5-9,13,16H2,1-4H3. The van der Waals surface area contributed by atoms with Gasteiger partial charge in [-0.15, -0.1) is 0 Å². The summed E-state index contributed by atoms with van der Waals surface area (Å²) < 4.78 is -0.817. The van der Waals surface area contributed by atoms with Gasteiger partial charge in [0, 0.05) is 5.92 Å². The van der Waals surface area contributed by atoms with Crippen LogP contribution in [0.25, 0.3) is 0 Å². The van der Waals surface area contributed by atoms with E-state index < -0.39 is 4.33 Å². The first-order chi connectivity index (χ1) is 10.3. The Hall–Kier alpha value is -0.200. The molecule has 0 saturated heterocycles. The Bertz CT molecular complexity index is 403. The molecule has 0 saturated carbocycles. The third-order valence-corrected chi connectivity index (χ3v) is 5.45. The van der Waals surface area contributed by atoms with Crippen molar-refractivity contribution in [2.45, 2.75) is 77.0 Å². The molecule has 0 aliphatic heterocycles. The number of rotatable bonds is 9. The number of benzene rings is 1. The fraction of sp³-hybridized carbons (Fsp3) is 0.700. The molecule has 126 valence electrons. The molecule has 0 aliphatic rings. The summed E-state index contributed by atoms with van der Waals surface area (Å²) in [6.45, 7) is 9.00. The maximum Gasteiger partial charge on any atom is 0.146 e. The predicted molar refractivity (Wildman–Crippen MR) is 101 cm³/mol. The van der Waals surface area contributed by atoms with Crippen molar-refractivity contribution in [1.29, 1.82) is 0 Å².